The van der Waals surface area contributed by atoms with Gasteiger partial charge in [-0.25, -0.2) is 14.4 Å². The Morgan fingerprint density at radius 1 is 1.22 bits per heavy atom. The fraction of sp³-hybridized carbons (Fsp3) is 0.346. The molecule has 2 N–H and O–H groups in total. The first kappa shape index (κ1) is 25.5. The van der Waals surface area contributed by atoms with Gasteiger partial charge in [0.05, 0.1) is 34.5 Å². The summed E-state index contributed by atoms with van der Waals surface area (Å²) in [6.45, 7) is 5.33. The Balaban J connectivity index is 1.40. The smallest absolute Gasteiger partial charge is 0.245 e. The third kappa shape index (κ3) is 5.03. The van der Waals surface area contributed by atoms with Crippen molar-refractivity contribution in [1.82, 2.24) is 14.9 Å². The van der Waals surface area contributed by atoms with Gasteiger partial charge in [-0.2, -0.15) is 0 Å². The summed E-state index contributed by atoms with van der Waals surface area (Å²) < 4.78 is 26.6. The van der Waals surface area contributed by atoms with Crippen molar-refractivity contribution in [3.63, 3.8) is 0 Å². The van der Waals surface area contributed by atoms with Crippen molar-refractivity contribution >= 4 is 51.5 Å². The average Bonchev–Trinajstić information content (AvgIpc) is 2.91. The molecule has 6 rings (SSSR count). The van der Waals surface area contributed by atoms with Crippen LogP contribution in [0.3, 0.4) is 0 Å². The first-order valence-corrected chi connectivity index (χ1v) is 12.6. The number of carbonyl (C=O) groups is 1. The largest absolute Gasteiger partial charge is 0.489 e. The highest BCUT2D eigenvalue weighted by molar-refractivity contribution is 6.42. The topological polar surface area (TPSA) is 96.8 Å². The molecule has 2 saturated heterocycles. The zero-order valence-corrected chi connectivity index (χ0v) is 21.3. The molecular formula is C26H25Cl2FN4O4. The molecule has 0 unspecified atom stereocenters. The second kappa shape index (κ2) is 10.7. The first-order chi connectivity index (χ1) is 17.9. The number of carbonyl (C=O) groups excluding carboxylic acids is 1. The van der Waals surface area contributed by atoms with E-state index < -0.39 is 5.82 Å². The normalized spacial score (nSPS) is 20.3. The van der Waals surface area contributed by atoms with Crippen LogP contribution in [0.15, 0.2) is 43.2 Å². The molecule has 1 saturated carbocycles. The Bertz CT molecular complexity index is 1350. The molecule has 37 heavy (non-hydrogen) atoms. The Hall–Kier alpha value is -3.14. The number of fused-ring (bicyclic) bond motifs is 3. The number of halogens is 3. The molecule has 2 aliphatic heterocycles. The summed E-state index contributed by atoms with van der Waals surface area (Å²) in [6.07, 6.45) is 3.77. The zero-order valence-electron chi connectivity index (χ0n) is 19.8. The van der Waals surface area contributed by atoms with Crippen LogP contribution in [0.2, 0.25) is 10.0 Å². The number of piperidine rings is 2. The van der Waals surface area contributed by atoms with E-state index in [1.54, 1.807) is 12.1 Å². The third-order valence-electron chi connectivity index (χ3n) is 6.98. The maximum absolute atomic E-state index is 14.7. The van der Waals surface area contributed by atoms with Crippen LogP contribution in [0.1, 0.15) is 6.42 Å². The standard InChI is InChI=1S/C26H25Cl2FN4O4/c1-2-23(35)33-10-14-7-15(11-33)17(14)12-37-21-8-16-20(9-22(21)36-6-5-34)30-13-31-26(16)32-19-4-3-18(27)24(28)25(19)29/h2-4,8-9,13-15,17,34H,1,5-7,10-12H2,(H,30,31,32)/t14-,15+,17+. The minimum atomic E-state index is -0.694. The van der Waals surface area contributed by atoms with Gasteiger partial charge in [-0.3, -0.25) is 4.79 Å². The number of anilines is 2. The predicted octanol–water partition coefficient (Wildman–Crippen LogP) is 4.85. The van der Waals surface area contributed by atoms with Crippen LogP contribution in [0.25, 0.3) is 10.9 Å². The zero-order chi connectivity index (χ0) is 26.1. The molecular weight excluding hydrogens is 522 g/mol. The quantitative estimate of drug-likeness (QED) is 0.292. The molecule has 11 heteroatoms. The number of amides is 1. The highest BCUT2D eigenvalue weighted by atomic mass is 35.5. The van der Waals surface area contributed by atoms with Gasteiger partial charge in [0, 0.05) is 30.5 Å². The highest BCUT2D eigenvalue weighted by Crippen LogP contribution is 2.46. The van der Waals surface area contributed by atoms with Crippen molar-refractivity contribution in [1.29, 1.82) is 0 Å². The summed E-state index contributed by atoms with van der Waals surface area (Å²) in [5.74, 6) is 1.54. The number of hydrogen-bond acceptors (Lipinski definition) is 7. The number of ether oxygens (including phenoxy) is 2. The second-order valence-electron chi connectivity index (χ2n) is 9.14. The van der Waals surface area contributed by atoms with Gasteiger partial charge in [-0.15, -0.1) is 0 Å². The van der Waals surface area contributed by atoms with Gasteiger partial charge < -0.3 is 24.8 Å². The molecule has 0 spiro atoms. The van der Waals surface area contributed by atoms with Crippen LogP contribution in [0.4, 0.5) is 15.9 Å². The van der Waals surface area contributed by atoms with Gasteiger partial charge >= 0.3 is 0 Å². The molecule has 1 amide bonds. The maximum Gasteiger partial charge on any atom is 0.245 e. The third-order valence-corrected chi connectivity index (χ3v) is 7.76. The lowest BCUT2D eigenvalue weighted by Gasteiger charge is -2.53. The summed E-state index contributed by atoms with van der Waals surface area (Å²) in [4.78, 5) is 22.4. The van der Waals surface area contributed by atoms with E-state index >= 15 is 0 Å². The summed E-state index contributed by atoms with van der Waals surface area (Å²) in [5.41, 5.74) is 0.649. The Morgan fingerprint density at radius 3 is 2.70 bits per heavy atom. The molecule has 3 heterocycles. The molecule has 1 aliphatic carbocycles. The molecule has 2 aromatic carbocycles. The van der Waals surface area contributed by atoms with E-state index in [0.29, 0.717) is 65.7 Å². The van der Waals surface area contributed by atoms with Gasteiger partial charge in [-0.1, -0.05) is 29.8 Å². The van der Waals surface area contributed by atoms with Crippen LogP contribution in [-0.4, -0.2) is 58.8 Å². The number of aliphatic hydroxyl groups excluding tert-OH is 1. The van der Waals surface area contributed by atoms with E-state index in [1.165, 1.54) is 24.5 Å². The maximum atomic E-state index is 14.7. The van der Waals surface area contributed by atoms with Crippen molar-refractivity contribution in [3.05, 3.63) is 59.1 Å². The van der Waals surface area contributed by atoms with Gasteiger partial charge in [0.2, 0.25) is 5.91 Å². The van der Waals surface area contributed by atoms with E-state index in [0.717, 1.165) is 6.42 Å². The fourth-order valence-electron chi connectivity index (χ4n) is 5.05. The van der Waals surface area contributed by atoms with Gasteiger partial charge in [0.25, 0.3) is 0 Å². The van der Waals surface area contributed by atoms with Crippen molar-refractivity contribution in [2.24, 2.45) is 17.8 Å². The lowest BCUT2D eigenvalue weighted by atomic mass is 9.62. The van der Waals surface area contributed by atoms with Crippen molar-refractivity contribution in [3.8, 4) is 11.5 Å². The summed E-state index contributed by atoms with van der Waals surface area (Å²) >= 11 is 11.9. The SMILES string of the molecule is C=CC(=O)N1C[C@H]2C[C@@H](C1)[C@H]2COc1cc2c(Nc3ccc(Cl)c(Cl)c3F)ncnc2cc1OCCO. The van der Waals surface area contributed by atoms with E-state index in [9.17, 15) is 14.3 Å². The minimum Gasteiger partial charge on any atom is -0.489 e. The number of nitrogens with zero attached hydrogens (tertiary/aromatic N) is 3. The molecule has 2 bridgehead atoms. The molecule has 3 atom stereocenters. The Labute approximate surface area is 223 Å². The lowest BCUT2D eigenvalue weighted by Crippen LogP contribution is -2.57. The average molecular weight is 547 g/mol. The van der Waals surface area contributed by atoms with E-state index in [2.05, 4.69) is 21.9 Å². The first-order valence-electron chi connectivity index (χ1n) is 11.9. The molecule has 194 valence electrons. The van der Waals surface area contributed by atoms with Gasteiger partial charge in [0.15, 0.2) is 17.3 Å². The molecule has 3 aromatic rings. The van der Waals surface area contributed by atoms with Gasteiger partial charge in [0.1, 0.15) is 18.8 Å². The summed E-state index contributed by atoms with van der Waals surface area (Å²) in [6, 6.07) is 6.41. The van der Waals surface area contributed by atoms with Crippen molar-refractivity contribution in [2.75, 3.05) is 38.2 Å². The Morgan fingerprint density at radius 2 is 1.97 bits per heavy atom. The lowest BCUT2D eigenvalue weighted by molar-refractivity contribution is -0.138. The number of rotatable bonds is 9. The van der Waals surface area contributed by atoms with Crippen molar-refractivity contribution in [2.45, 2.75) is 6.42 Å². The highest BCUT2D eigenvalue weighted by Gasteiger charge is 2.47. The number of benzene rings is 2. The molecule has 1 aromatic heterocycles. The number of hydrogen-bond donors (Lipinski definition) is 2. The molecule has 8 nitrogen and oxygen atoms in total. The molecule has 3 aliphatic rings. The van der Waals surface area contributed by atoms with Crippen molar-refractivity contribution < 1.29 is 23.8 Å². The molecule has 3 fully saturated rings. The molecule has 0 radical (unpaired) electrons. The van der Waals surface area contributed by atoms with Crippen LogP contribution in [0.5, 0.6) is 11.5 Å². The minimum absolute atomic E-state index is 0.0401. The van der Waals surface area contributed by atoms with Crippen LogP contribution in [0, 0.1) is 23.6 Å². The van der Waals surface area contributed by atoms with E-state index in [-0.39, 0.29) is 34.9 Å². The monoisotopic (exact) mass is 546 g/mol. The summed E-state index contributed by atoms with van der Waals surface area (Å²) in [5, 5.41) is 12.7. The summed E-state index contributed by atoms with van der Waals surface area (Å²) in [7, 11) is 0. The second-order valence-corrected chi connectivity index (χ2v) is 9.92. The van der Waals surface area contributed by atoms with Crippen LogP contribution in [-0.2, 0) is 4.79 Å². The number of aromatic nitrogens is 2. The Kier molecular flexibility index (Phi) is 7.37. The van der Waals surface area contributed by atoms with Crippen LogP contribution >= 0.6 is 23.2 Å². The van der Waals surface area contributed by atoms with E-state index in [4.69, 9.17) is 32.7 Å². The number of nitrogens with one attached hydrogen (secondary N) is 1. The van der Waals surface area contributed by atoms with Gasteiger partial charge in [-0.05, 0) is 42.5 Å². The number of aliphatic hydroxyl groups is 1. The predicted molar refractivity (Wildman–Crippen MR) is 139 cm³/mol. The fourth-order valence-corrected chi connectivity index (χ4v) is 5.36. The van der Waals surface area contributed by atoms with E-state index in [1.807, 2.05) is 4.90 Å². The van der Waals surface area contributed by atoms with Crippen LogP contribution < -0.4 is 14.8 Å².